The van der Waals surface area contributed by atoms with E-state index in [0.717, 1.165) is 16.5 Å². The summed E-state index contributed by atoms with van der Waals surface area (Å²) < 4.78 is 0. The van der Waals surface area contributed by atoms with Gasteiger partial charge in [0.25, 0.3) is 5.91 Å². The lowest BCUT2D eigenvalue weighted by Crippen LogP contribution is -2.29. The molecule has 0 aromatic heterocycles. The first kappa shape index (κ1) is 16.7. The standard InChI is InChI=1S/C21H20N2O2/c1-16(19-12-11-18-9-5-6-10-20(18)13-19)23-21(24)15-25-22-14-17-7-3-2-4-8-17/h2-14,16H,15H2,1H3,(H,23,24)/b22-14-/t16-/m0/s1. The molecular formula is C21H20N2O2. The SMILES string of the molecule is C[C@H](NC(=O)CO/N=C\c1ccccc1)c1ccc2ccccc2c1. The van der Waals surface area contributed by atoms with Crippen LogP contribution in [0.3, 0.4) is 0 Å². The fraction of sp³-hybridized carbons (Fsp3) is 0.143. The predicted octanol–water partition coefficient (Wildman–Crippen LogP) is 4.07. The van der Waals surface area contributed by atoms with Crippen LogP contribution in [-0.2, 0) is 9.63 Å². The van der Waals surface area contributed by atoms with Gasteiger partial charge >= 0.3 is 0 Å². The summed E-state index contributed by atoms with van der Waals surface area (Å²) in [5.41, 5.74) is 1.98. The Kier molecular flexibility index (Phi) is 5.42. The van der Waals surface area contributed by atoms with Crippen LogP contribution in [0, 0.1) is 0 Å². The van der Waals surface area contributed by atoms with Crippen LogP contribution in [-0.4, -0.2) is 18.7 Å². The van der Waals surface area contributed by atoms with E-state index in [1.807, 2.05) is 55.5 Å². The molecule has 4 heteroatoms. The van der Waals surface area contributed by atoms with Crippen LogP contribution in [0.5, 0.6) is 0 Å². The molecule has 126 valence electrons. The molecule has 0 heterocycles. The molecule has 0 unspecified atom stereocenters. The van der Waals surface area contributed by atoms with Crippen LogP contribution >= 0.6 is 0 Å². The van der Waals surface area contributed by atoms with E-state index >= 15 is 0 Å². The summed E-state index contributed by atoms with van der Waals surface area (Å²) in [6.07, 6.45) is 1.58. The molecule has 1 N–H and O–H groups in total. The molecule has 0 aliphatic rings. The highest BCUT2D eigenvalue weighted by atomic mass is 16.6. The molecule has 0 saturated carbocycles. The number of hydrogen-bond donors (Lipinski definition) is 1. The summed E-state index contributed by atoms with van der Waals surface area (Å²) in [5.74, 6) is -0.203. The van der Waals surface area contributed by atoms with E-state index in [9.17, 15) is 4.79 Å². The highest BCUT2D eigenvalue weighted by Gasteiger charge is 2.10. The second-order valence-electron chi connectivity index (χ2n) is 5.81. The van der Waals surface area contributed by atoms with Gasteiger partial charge in [-0.25, -0.2) is 0 Å². The Hall–Kier alpha value is -3.14. The van der Waals surface area contributed by atoms with Gasteiger partial charge < -0.3 is 10.2 Å². The molecular weight excluding hydrogens is 312 g/mol. The Morgan fingerprint density at radius 1 is 1.04 bits per heavy atom. The normalized spacial score (nSPS) is 12.2. The number of amides is 1. The van der Waals surface area contributed by atoms with Crippen LogP contribution < -0.4 is 5.32 Å². The Bertz CT molecular complexity index is 875. The zero-order valence-electron chi connectivity index (χ0n) is 14.1. The van der Waals surface area contributed by atoms with Crippen LogP contribution in [0.25, 0.3) is 10.8 Å². The topological polar surface area (TPSA) is 50.7 Å². The zero-order chi connectivity index (χ0) is 17.5. The molecule has 0 bridgehead atoms. The molecule has 0 aliphatic heterocycles. The molecule has 0 radical (unpaired) electrons. The molecule has 1 atom stereocenters. The van der Waals surface area contributed by atoms with E-state index in [2.05, 4.69) is 34.7 Å². The summed E-state index contributed by atoms with van der Waals surface area (Å²) in [4.78, 5) is 17.1. The lowest BCUT2D eigenvalue weighted by atomic mass is 10.0. The quantitative estimate of drug-likeness (QED) is 0.546. The first-order valence-electron chi connectivity index (χ1n) is 8.21. The van der Waals surface area contributed by atoms with Crippen molar-refractivity contribution in [1.82, 2.24) is 5.32 Å². The summed E-state index contributed by atoms with van der Waals surface area (Å²) >= 11 is 0. The van der Waals surface area contributed by atoms with Gasteiger partial charge in [-0.15, -0.1) is 0 Å². The molecule has 1 amide bonds. The smallest absolute Gasteiger partial charge is 0.261 e. The minimum absolute atomic E-state index is 0.0983. The number of rotatable bonds is 6. The second-order valence-corrected chi connectivity index (χ2v) is 5.81. The first-order valence-corrected chi connectivity index (χ1v) is 8.21. The number of nitrogens with zero attached hydrogens (tertiary/aromatic N) is 1. The highest BCUT2D eigenvalue weighted by Crippen LogP contribution is 2.20. The zero-order valence-corrected chi connectivity index (χ0v) is 14.1. The van der Waals surface area contributed by atoms with Crippen LogP contribution in [0.15, 0.2) is 78.0 Å². The molecule has 3 rings (SSSR count). The van der Waals surface area contributed by atoms with E-state index in [0.29, 0.717) is 0 Å². The average molecular weight is 332 g/mol. The van der Waals surface area contributed by atoms with E-state index in [1.54, 1.807) is 6.21 Å². The molecule has 0 saturated heterocycles. The van der Waals surface area contributed by atoms with Crippen LogP contribution in [0.4, 0.5) is 0 Å². The maximum atomic E-state index is 12.0. The first-order chi connectivity index (χ1) is 12.2. The number of carbonyl (C=O) groups excluding carboxylic acids is 1. The van der Waals surface area contributed by atoms with E-state index in [4.69, 9.17) is 4.84 Å². The van der Waals surface area contributed by atoms with Gasteiger partial charge in [-0.2, -0.15) is 0 Å². The molecule has 0 fully saturated rings. The van der Waals surface area contributed by atoms with Crippen molar-refractivity contribution in [2.75, 3.05) is 6.61 Å². The number of benzene rings is 3. The molecule has 25 heavy (non-hydrogen) atoms. The number of nitrogens with one attached hydrogen (secondary N) is 1. The molecule has 3 aromatic carbocycles. The molecule has 0 spiro atoms. The van der Waals surface area contributed by atoms with Crippen molar-refractivity contribution in [3.05, 3.63) is 83.9 Å². The summed E-state index contributed by atoms with van der Waals surface area (Å²) in [6, 6.07) is 23.8. The third-order valence-electron chi connectivity index (χ3n) is 3.92. The Morgan fingerprint density at radius 3 is 2.56 bits per heavy atom. The second kappa shape index (κ2) is 8.11. The van der Waals surface area contributed by atoms with Crippen molar-refractivity contribution in [2.24, 2.45) is 5.16 Å². The number of hydrogen-bond acceptors (Lipinski definition) is 3. The van der Waals surface area contributed by atoms with Gasteiger partial charge in [-0.3, -0.25) is 4.79 Å². The van der Waals surface area contributed by atoms with E-state index in [-0.39, 0.29) is 18.6 Å². The van der Waals surface area contributed by atoms with Crippen LogP contribution in [0.1, 0.15) is 24.1 Å². The van der Waals surface area contributed by atoms with Crippen molar-refractivity contribution in [2.45, 2.75) is 13.0 Å². The van der Waals surface area contributed by atoms with Crippen molar-refractivity contribution < 1.29 is 9.63 Å². The number of fused-ring (bicyclic) bond motifs is 1. The third kappa shape index (κ3) is 4.67. The minimum Gasteiger partial charge on any atom is -0.386 e. The Balaban J connectivity index is 1.52. The van der Waals surface area contributed by atoms with Crippen molar-refractivity contribution >= 4 is 22.9 Å². The largest absolute Gasteiger partial charge is 0.386 e. The van der Waals surface area contributed by atoms with Crippen LogP contribution in [0.2, 0.25) is 0 Å². The summed E-state index contributed by atoms with van der Waals surface area (Å²) in [7, 11) is 0. The monoisotopic (exact) mass is 332 g/mol. The fourth-order valence-electron chi connectivity index (χ4n) is 2.58. The lowest BCUT2D eigenvalue weighted by molar-refractivity contribution is -0.126. The van der Waals surface area contributed by atoms with Gasteiger partial charge in [0.15, 0.2) is 6.61 Å². The minimum atomic E-state index is -0.203. The average Bonchev–Trinajstić information content (AvgIpc) is 2.65. The fourth-order valence-corrected chi connectivity index (χ4v) is 2.58. The van der Waals surface area contributed by atoms with Gasteiger partial charge in [-0.05, 0) is 34.9 Å². The number of carbonyl (C=O) groups is 1. The van der Waals surface area contributed by atoms with Crippen molar-refractivity contribution in [3.63, 3.8) is 0 Å². The molecule has 3 aromatic rings. The van der Waals surface area contributed by atoms with E-state index in [1.165, 1.54) is 5.39 Å². The maximum Gasteiger partial charge on any atom is 0.261 e. The van der Waals surface area contributed by atoms with Gasteiger partial charge in [0.05, 0.1) is 12.3 Å². The summed E-state index contributed by atoms with van der Waals surface area (Å²) in [6.45, 7) is 1.84. The summed E-state index contributed by atoms with van der Waals surface area (Å²) in [5, 5.41) is 9.08. The Morgan fingerprint density at radius 2 is 1.76 bits per heavy atom. The van der Waals surface area contributed by atoms with Crippen molar-refractivity contribution in [3.8, 4) is 0 Å². The molecule has 4 nitrogen and oxygen atoms in total. The highest BCUT2D eigenvalue weighted by molar-refractivity contribution is 5.83. The van der Waals surface area contributed by atoms with Gasteiger partial charge in [-0.1, -0.05) is 71.9 Å². The van der Waals surface area contributed by atoms with Crippen molar-refractivity contribution in [1.29, 1.82) is 0 Å². The number of oxime groups is 1. The van der Waals surface area contributed by atoms with E-state index < -0.39 is 0 Å². The Labute approximate surface area is 147 Å². The van der Waals surface area contributed by atoms with Gasteiger partial charge in [0, 0.05) is 0 Å². The predicted molar refractivity (Wildman–Crippen MR) is 100 cm³/mol. The third-order valence-corrected chi connectivity index (χ3v) is 3.92. The van der Waals surface area contributed by atoms with Gasteiger partial charge in [0.2, 0.25) is 0 Å². The van der Waals surface area contributed by atoms with Gasteiger partial charge in [0.1, 0.15) is 0 Å². The molecule has 0 aliphatic carbocycles. The maximum absolute atomic E-state index is 12.0. The lowest BCUT2D eigenvalue weighted by Gasteiger charge is -2.14.